The van der Waals surface area contributed by atoms with Crippen molar-refractivity contribution in [1.82, 2.24) is 5.32 Å². The molecule has 0 spiro atoms. The molecule has 0 unspecified atom stereocenters. The number of carbonyl (C=O) groups excluding carboxylic acids is 2. The first-order valence-corrected chi connectivity index (χ1v) is 12.2. The van der Waals surface area contributed by atoms with Crippen LogP contribution in [0.4, 0.5) is 0 Å². The van der Waals surface area contributed by atoms with E-state index in [4.69, 9.17) is 9.47 Å². The zero-order valence-corrected chi connectivity index (χ0v) is 20.5. The van der Waals surface area contributed by atoms with Gasteiger partial charge in [-0.1, -0.05) is 72.8 Å². The molecule has 1 N–H and O–H groups in total. The maximum atomic E-state index is 13.6. The zero-order valence-electron chi connectivity index (χ0n) is 20.5. The molecule has 36 heavy (non-hydrogen) atoms. The number of carbonyl (C=O) groups is 2. The van der Waals surface area contributed by atoms with Gasteiger partial charge in [-0.05, 0) is 48.1 Å². The number of hydrogen-bond donors (Lipinski definition) is 1. The molecule has 0 amide bonds. The number of benzene rings is 3. The number of methoxy groups -OCH3 is 1. The van der Waals surface area contributed by atoms with Gasteiger partial charge in [-0.3, -0.25) is 4.79 Å². The van der Waals surface area contributed by atoms with E-state index in [1.54, 1.807) is 0 Å². The van der Waals surface area contributed by atoms with Gasteiger partial charge in [0.25, 0.3) is 0 Å². The van der Waals surface area contributed by atoms with Gasteiger partial charge in [-0.15, -0.1) is 0 Å². The lowest BCUT2D eigenvalue weighted by atomic mass is 9.72. The molecule has 0 saturated heterocycles. The normalized spacial score (nSPS) is 19.4. The highest BCUT2D eigenvalue weighted by atomic mass is 16.5. The maximum Gasteiger partial charge on any atom is 0.336 e. The molecule has 5 nitrogen and oxygen atoms in total. The molecular formula is C31H29NO4. The van der Waals surface area contributed by atoms with Crippen molar-refractivity contribution in [2.45, 2.75) is 38.2 Å². The summed E-state index contributed by atoms with van der Waals surface area (Å²) in [7, 11) is 1.37. The van der Waals surface area contributed by atoms with Crippen LogP contribution in [0.5, 0.6) is 5.75 Å². The van der Waals surface area contributed by atoms with Crippen LogP contribution in [0.15, 0.2) is 107 Å². The van der Waals surface area contributed by atoms with E-state index < -0.39 is 11.9 Å². The number of dihydropyridines is 1. The first-order valence-electron chi connectivity index (χ1n) is 12.2. The van der Waals surface area contributed by atoms with Gasteiger partial charge in [-0.2, -0.15) is 0 Å². The van der Waals surface area contributed by atoms with Crippen molar-refractivity contribution in [1.29, 1.82) is 0 Å². The monoisotopic (exact) mass is 479 g/mol. The van der Waals surface area contributed by atoms with Crippen molar-refractivity contribution in [3.63, 3.8) is 0 Å². The van der Waals surface area contributed by atoms with Crippen LogP contribution in [-0.2, 0) is 20.9 Å². The highest BCUT2D eigenvalue weighted by molar-refractivity contribution is 6.04. The fourth-order valence-electron chi connectivity index (χ4n) is 5.21. The third-order valence-corrected chi connectivity index (χ3v) is 6.97. The van der Waals surface area contributed by atoms with Crippen LogP contribution < -0.4 is 10.1 Å². The number of rotatable bonds is 6. The van der Waals surface area contributed by atoms with Gasteiger partial charge in [0.15, 0.2) is 5.78 Å². The van der Waals surface area contributed by atoms with E-state index in [9.17, 15) is 9.59 Å². The van der Waals surface area contributed by atoms with Gasteiger partial charge in [0.05, 0.1) is 12.7 Å². The molecule has 0 aromatic heterocycles. The lowest BCUT2D eigenvalue weighted by molar-refractivity contribution is -0.136. The summed E-state index contributed by atoms with van der Waals surface area (Å²) in [6.07, 6.45) is 1.12. The molecule has 0 bridgehead atoms. The number of esters is 1. The molecule has 0 fully saturated rings. The molecule has 1 aliphatic heterocycles. The Balaban J connectivity index is 1.47. The fraction of sp³-hybridized carbons (Fsp3) is 0.226. The SMILES string of the molecule is COC(=O)C1=C(C)NC2=C(C(=O)C[C@H](c3ccccc3)C2)[C@@H]1c1ccc(OCc2ccccc2)cc1. The summed E-state index contributed by atoms with van der Waals surface area (Å²) < 4.78 is 11.1. The first kappa shape index (κ1) is 23.6. The predicted molar refractivity (Wildman–Crippen MR) is 138 cm³/mol. The average molecular weight is 480 g/mol. The Morgan fingerprint density at radius 2 is 1.56 bits per heavy atom. The van der Waals surface area contributed by atoms with Crippen LogP contribution in [0.1, 0.15) is 48.3 Å². The topological polar surface area (TPSA) is 64.6 Å². The number of ketones is 1. The standard InChI is InChI=1S/C31H29NO4/c1-20-28(31(34)35-2)29(23-13-15-25(16-14-23)36-19-21-9-5-3-6-10-21)30-26(32-20)17-24(18-27(30)33)22-11-7-4-8-12-22/h3-16,24,29,32H,17-19H2,1-2H3/t24-,29-/m1/s1. The summed E-state index contributed by atoms with van der Waals surface area (Å²) in [5.41, 5.74) is 5.84. The fourth-order valence-corrected chi connectivity index (χ4v) is 5.21. The Morgan fingerprint density at radius 1 is 0.889 bits per heavy atom. The van der Waals surface area contributed by atoms with E-state index in [1.807, 2.05) is 79.7 Å². The third kappa shape index (κ3) is 4.69. The van der Waals surface area contributed by atoms with Crippen LogP contribution in [0.3, 0.4) is 0 Å². The largest absolute Gasteiger partial charge is 0.489 e. The molecule has 1 aliphatic carbocycles. The second-order valence-corrected chi connectivity index (χ2v) is 9.26. The molecule has 5 heteroatoms. The molecule has 3 aromatic rings. The molecule has 0 saturated carbocycles. The predicted octanol–water partition coefficient (Wildman–Crippen LogP) is 5.80. The minimum atomic E-state index is -0.485. The van der Waals surface area contributed by atoms with Crippen LogP contribution in [0, 0.1) is 0 Å². The molecule has 5 rings (SSSR count). The third-order valence-electron chi connectivity index (χ3n) is 6.97. The van der Waals surface area contributed by atoms with Crippen molar-refractivity contribution in [2.75, 3.05) is 7.11 Å². The van der Waals surface area contributed by atoms with E-state index in [0.717, 1.165) is 33.8 Å². The number of ether oxygens (including phenoxy) is 2. The summed E-state index contributed by atoms with van der Waals surface area (Å²) in [6.45, 7) is 2.34. The van der Waals surface area contributed by atoms with Gasteiger partial charge >= 0.3 is 5.97 Å². The van der Waals surface area contributed by atoms with Gasteiger partial charge in [0.1, 0.15) is 12.4 Å². The Morgan fingerprint density at radius 3 is 2.22 bits per heavy atom. The van der Waals surface area contributed by atoms with E-state index in [-0.39, 0.29) is 11.7 Å². The van der Waals surface area contributed by atoms with Crippen molar-refractivity contribution in [3.8, 4) is 5.75 Å². The van der Waals surface area contributed by atoms with E-state index in [0.29, 0.717) is 30.6 Å². The Kier molecular flexibility index (Phi) is 6.72. The second-order valence-electron chi connectivity index (χ2n) is 9.26. The van der Waals surface area contributed by atoms with Crippen molar-refractivity contribution in [2.24, 2.45) is 0 Å². The summed E-state index contributed by atoms with van der Waals surface area (Å²) in [4.78, 5) is 26.5. The highest BCUT2D eigenvalue weighted by Gasteiger charge is 2.41. The van der Waals surface area contributed by atoms with Crippen LogP contribution >= 0.6 is 0 Å². The summed E-state index contributed by atoms with van der Waals surface area (Å²) >= 11 is 0. The molecule has 2 aliphatic rings. The molecule has 1 heterocycles. The average Bonchev–Trinajstić information content (AvgIpc) is 2.92. The molecule has 2 atom stereocenters. The minimum Gasteiger partial charge on any atom is -0.489 e. The van der Waals surface area contributed by atoms with Gasteiger partial charge in [0.2, 0.25) is 0 Å². The van der Waals surface area contributed by atoms with Gasteiger partial charge in [-0.25, -0.2) is 4.79 Å². The second kappa shape index (κ2) is 10.2. The molecular weight excluding hydrogens is 450 g/mol. The van der Waals surface area contributed by atoms with E-state index in [2.05, 4.69) is 17.4 Å². The van der Waals surface area contributed by atoms with E-state index in [1.165, 1.54) is 7.11 Å². The maximum absolute atomic E-state index is 13.6. The quantitative estimate of drug-likeness (QED) is 0.453. The summed E-state index contributed by atoms with van der Waals surface area (Å²) in [5, 5.41) is 3.38. The Bertz CT molecular complexity index is 1320. The molecule has 182 valence electrons. The van der Waals surface area contributed by atoms with Crippen molar-refractivity contribution < 1.29 is 19.1 Å². The number of hydrogen-bond acceptors (Lipinski definition) is 5. The van der Waals surface area contributed by atoms with Gasteiger partial charge in [0, 0.05) is 29.3 Å². The summed E-state index contributed by atoms with van der Waals surface area (Å²) in [6, 6.07) is 27.8. The minimum absolute atomic E-state index is 0.0564. The van der Waals surface area contributed by atoms with Crippen molar-refractivity contribution >= 4 is 11.8 Å². The highest BCUT2D eigenvalue weighted by Crippen LogP contribution is 2.45. The number of nitrogens with one attached hydrogen (secondary N) is 1. The molecule has 0 radical (unpaired) electrons. The number of Topliss-reactive ketones (excluding diaryl/α,β-unsaturated/α-hetero) is 1. The molecule has 3 aromatic carbocycles. The van der Waals surface area contributed by atoms with Gasteiger partial charge < -0.3 is 14.8 Å². The summed E-state index contributed by atoms with van der Waals surface area (Å²) in [5.74, 6) is -0.0297. The van der Waals surface area contributed by atoms with Crippen molar-refractivity contribution in [3.05, 3.63) is 124 Å². The first-order chi connectivity index (χ1) is 17.5. The lowest BCUT2D eigenvalue weighted by Crippen LogP contribution is -2.36. The van der Waals surface area contributed by atoms with E-state index >= 15 is 0 Å². The lowest BCUT2D eigenvalue weighted by Gasteiger charge is -2.36. The van der Waals surface area contributed by atoms with Crippen LogP contribution in [-0.4, -0.2) is 18.9 Å². The van der Waals surface area contributed by atoms with Crippen LogP contribution in [0.2, 0.25) is 0 Å². The van der Waals surface area contributed by atoms with Crippen LogP contribution in [0.25, 0.3) is 0 Å². The number of allylic oxidation sites excluding steroid dienone is 3. The Hall–Kier alpha value is -4.12. The Labute approximate surface area is 211 Å². The smallest absolute Gasteiger partial charge is 0.336 e. The zero-order chi connectivity index (χ0) is 25.1.